The van der Waals surface area contributed by atoms with Gasteiger partial charge in [-0.2, -0.15) is 0 Å². The third-order valence-corrected chi connectivity index (χ3v) is 2.34. The van der Waals surface area contributed by atoms with E-state index in [9.17, 15) is 0 Å². The van der Waals surface area contributed by atoms with Crippen molar-refractivity contribution in [2.75, 3.05) is 6.54 Å². The van der Waals surface area contributed by atoms with Crippen LogP contribution in [0.15, 0.2) is 12.2 Å². The van der Waals surface area contributed by atoms with E-state index in [0.717, 1.165) is 6.42 Å². The van der Waals surface area contributed by atoms with Gasteiger partial charge in [0.25, 0.3) is 0 Å². The van der Waals surface area contributed by atoms with Gasteiger partial charge in [-0.15, -0.1) is 0 Å². The monoisotopic (exact) mass is 166 g/mol. The average Bonchev–Trinajstić information content (AvgIpc) is 2.14. The van der Waals surface area contributed by atoms with Crippen molar-refractivity contribution in [1.29, 1.82) is 0 Å². The number of allylic oxidation sites excluding steroid dienone is 1. The summed E-state index contributed by atoms with van der Waals surface area (Å²) >= 11 is 0. The molecule has 1 fully saturated rings. The van der Waals surface area contributed by atoms with Crippen molar-refractivity contribution in [2.24, 2.45) is 0 Å². The van der Waals surface area contributed by atoms with E-state index in [1.807, 2.05) is 0 Å². The van der Waals surface area contributed by atoms with Crippen molar-refractivity contribution in [1.82, 2.24) is 5.32 Å². The van der Waals surface area contributed by atoms with E-state index in [0.29, 0.717) is 6.04 Å². The van der Waals surface area contributed by atoms with E-state index in [1.54, 1.807) is 0 Å². The highest BCUT2D eigenvalue weighted by atomic mass is 14.9. The molecule has 1 nitrogen and oxygen atoms in total. The second-order valence-corrected chi connectivity index (χ2v) is 3.48. The molecule has 1 heteroatoms. The Hall–Kier alpha value is -0.300. The fourth-order valence-corrected chi connectivity index (χ4v) is 1.57. The Balaban J connectivity index is 2.07. The third kappa shape index (κ3) is 3.91. The number of piperidine rings is 1. The van der Waals surface area contributed by atoms with Crippen molar-refractivity contribution >= 4 is 0 Å². The first kappa shape index (κ1) is 9.79. The summed E-state index contributed by atoms with van der Waals surface area (Å²) in [5.74, 6) is 0. The highest BCUT2D eigenvalue weighted by Gasteiger charge is 2.07. The maximum absolute atomic E-state index is 3.82. The maximum atomic E-state index is 3.82. The molecular formula is C11H20N. The lowest BCUT2D eigenvalue weighted by Crippen LogP contribution is -2.32. The van der Waals surface area contributed by atoms with Crippen LogP contribution < -0.4 is 5.32 Å². The van der Waals surface area contributed by atoms with E-state index in [4.69, 9.17) is 0 Å². The minimum Gasteiger partial charge on any atom is -0.311 e. The van der Waals surface area contributed by atoms with Crippen LogP contribution in [0, 0.1) is 6.92 Å². The summed E-state index contributed by atoms with van der Waals surface area (Å²) in [5, 5.41) is 3.49. The van der Waals surface area contributed by atoms with E-state index in [2.05, 4.69) is 24.4 Å². The molecule has 0 aromatic rings. The molecule has 0 saturated carbocycles. The zero-order valence-corrected chi connectivity index (χ0v) is 7.89. The molecule has 1 saturated heterocycles. The fourth-order valence-electron chi connectivity index (χ4n) is 1.57. The molecule has 0 aromatic carbocycles. The Labute approximate surface area is 76.2 Å². The Kier molecular flexibility index (Phi) is 5.09. The molecule has 12 heavy (non-hydrogen) atoms. The Bertz CT molecular complexity index is 123. The van der Waals surface area contributed by atoms with Gasteiger partial charge in [0.05, 0.1) is 0 Å². The van der Waals surface area contributed by atoms with Gasteiger partial charge in [-0.1, -0.05) is 31.9 Å². The second kappa shape index (κ2) is 6.24. The van der Waals surface area contributed by atoms with Crippen LogP contribution in [0.4, 0.5) is 0 Å². The Morgan fingerprint density at radius 1 is 1.42 bits per heavy atom. The molecule has 0 bridgehead atoms. The maximum Gasteiger partial charge on any atom is 0.0250 e. The van der Waals surface area contributed by atoms with E-state index >= 15 is 0 Å². The van der Waals surface area contributed by atoms with Gasteiger partial charge in [0.2, 0.25) is 0 Å². The van der Waals surface area contributed by atoms with Crippen molar-refractivity contribution in [2.45, 2.75) is 44.6 Å². The van der Waals surface area contributed by atoms with Crippen LogP contribution in [0.3, 0.4) is 0 Å². The molecule has 69 valence electrons. The van der Waals surface area contributed by atoms with Crippen molar-refractivity contribution in [3.8, 4) is 0 Å². The molecule has 1 atom stereocenters. The zero-order valence-electron chi connectivity index (χ0n) is 7.89. The minimum atomic E-state index is 0.656. The zero-order chi connectivity index (χ0) is 8.65. The van der Waals surface area contributed by atoms with Gasteiger partial charge >= 0.3 is 0 Å². The van der Waals surface area contributed by atoms with Gasteiger partial charge < -0.3 is 5.32 Å². The molecule has 1 aliphatic rings. The SMILES string of the molecule is [CH2]CCCC=CC1CCCCN1. The van der Waals surface area contributed by atoms with Gasteiger partial charge in [0.15, 0.2) is 0 Å². The van der Waals surface area contributed by atoms with Crippen LogP contribution in [0.2, 0.25) is 0 Å². The summed E-state index contributed by atoms with van der Waals surface area (Å²) in [5.41, 5.74) is 0. The predicted octanol–water partition coefficient (Wildman–Crippen LogP) is 2.69. The molecule has 1 rings (SSSR count). The lowest BCUT2D eigenvalue weighted by Gasteiger charge is -2.19. The largest absolute Gasteiger partial charge is 0.311 e. The summed E-state index contributed by atoms with van der Waals surface area (Å²) < 4.78 is 0. The van der Waals surface area contributed by atoms with E-state index < -0.39 is 0 Å². The van der Waals surface area contributed by atoms with Crippen molar-refractivity contribution < 1.29 is 0 Å². The van der Waals surface area contributed by atoms with Crippen LogP contribution in [0.5, 0.6) is 0 Å². The summed E-state index contributed by atoms with van der Waals surface area (Å²) in [4.78, 5) is 0. The van der Waals surface area contributed by atoms with Gasteiger partial charge in [0, 0.05) is 6.04 Å². The number of nitrogens with one attached hydrogen (secondary N) is 1. The highest BCUT2D eigenvalue weighted by molar-refractivity contribution is 4.94. The summed E-state index contributed by atoms with van der Waals surface area (Å²) in [6.07, 6.45) is 12.2. The first-order valence-corrected chi connectivity index (χ1v) is 5.13. The molecule has 0 aromatic heterocycles. The Morgan fingerprint density at radius 3 is 3.00 bits per heavy atom. The van der Waals surface area contributed by atoms with Crippen LogP contribution in [0.1, 0.15) is 38.5 Å². The smallest absolute Gasteiger partial charge is 0.0250 e. The average molecular weight is 166 g/mol. The highest BCUT2D eigenvalue weighted by Crippen LogP contribution is 2.08. The van der Waals surface area contributed by atoms with Crippen LogP contribution in [-0.2, 0) is 0 Å². The van der Waals surface area contributed by atoms with Crippen molar-refractivity contribution in [3.05, 3.63) is 19.1 Å². The molecule has 1 aliphatic heterocycles. The number of hydrogen-bond donors (Lipinski definition) is 1. The Morgan fingerprint density at radius 2 is 2.33 bits per heavy atom. The van der Waals surface area contributed by atoms with Gasteiger partial charge in [-0.05, 0) is 32.2 Å². The lowest BCUT2D eigenvalue weighted by molar-refractivity contribution is 0.454. The molecule has 0 spiro atoms. The minimum absolute atomic E-state index is 0.656. The molecule has 0 aliphatic carbocycles. The lowest BCUT2D eigenvalue weighted by atomic mass is 10.0. The molecule has 0 amide bonds. The molecule has 1 unspecified atom stereocenters. The first-order valence-electron chi connectivity index (χ1n) is 5.13. The van der Waals surface area contributed by atoms with Crippen LogP contribution in [0.25, 0.3) is 0 Å². The summed E-state index contributed by atoms with van der Waals surface area (Å²) in [7, 11) is 0. The van der Waals surface area contributed by atoms with Gasteiger partial charge in [-0.3, -0.25) is 0 Å². The molecular weight excluding hydrogens is 146 g/mol. The molecule has 1 N–H and O–H groups in total. The molecule has 1 radical (unpaired) electrons. The third-order valence-electron chi connectivity index (χ3n) is 2.34. The van der Waals surface area contributed by atoms with E-state index in [1.165, 1.54) is 38.6 Å². The normalized spacial score (nSPS) is 24.9. The van der Waals surface area contributed by atoms with Crippen LogP contribution >= 0.6 is 0 Å². The standard InChI is InChI=1S/C11H20N/c1-2-3-4-5-8-11-9-6-7-10-12-11/h5,8,11-12H,1-4,6-7,9-10H2. The summed E-state index contributed by atoms with van der Waals surface area (Å²) in [6, 6.07) is 0.656. The van der Waals surface area contributed by atoms with Crippen molar-refractivity contribution in [3.63, 3.8) is 0 Å². The number of rotatable bonds is 4. The molecule has 1 heterocycles. The first-order chi connectivity index (χ1) is 5.93. The quantitative estimate of drug-likeness (QED) is 0.500. The van der Waals surface area contributed by atoms with E-state index in [-0.39, 0.29) is 0 Å². The number of hydrogen-bond acceptors (Lipinski definition) is 1. The predicted molar refractivity (Wildman–Crippen MR) is 54.0 cm³/mol. The fraction of sp³-hybridized carbons (Fsp3) is 0.727. The summed E-state index contributed by atoms with van der Waals surface area (Å²) in [6.45, 7) is 5.02. The van der Waals surface area contributed by atoms with Gasteiger partial charge in [0.1, 0.15) is 0 Å². The number of unbranched alkanes of at least 4 members (excludes halogenated alkanes) is 2. The van der Waals surface area contributed by atoms with Crippen LogP contribution in [-0.4, -0.2) is 12.6 Å². The van der Waals surface area contributed by atoms with Gasteiger partial charge in [-0.25, -0.2) is 0 Å². The topological polar surface area (TPSA) is 12.0 Å². The second-order valence-electron chi connectivity index (χ2n) is 3.48.